The lowest BCUT2D eigenvalue weighted by Gasteiger charge is -2.37. The van der Waals surface area contributed by atoms with Crippen LogP contribution in [0.1, 0.15) is 18.0 Å². The summed E-state index contributed by atoms with van der Waals surface area (Å²) in [5, 5.41) is 9.14. The van der Waals surface area contributed by atoms with Gasteiger partial charge in [0.15, 0.2) is 0 Å². The first-order valence-electron chi connectivity index (χ1n) is 6.46. The van der Waals surface area contributed by atoms with E-state index < -0.39 is 5.97 Å². The molecule has 5 heteroatoms. The van der Waals surface area contributed by atoms with Crippen molar-refractivity contribution >= 4 is 21.9 Å². The highest BCUT2D eigenvalue weighted by atomic mass is 79.9. The van der Waals surface area contributed by atoms with E-state index in [1.807, 2.05) is 24.3 Å². The highest BCUT2D eigenvalue weighted by Gasteiger charge is 2.25. The van der Waals surface area contributed by atoms with Crippen LogP contribution in [0.5, 0.6) is 0 Å². The molecular formula is C14H19BrN2O2. The topological polar surface area (TPSA) is 43.8 Å². The fourth-order valence-electron chi connectivity index (χ4n) is 2.44. The van der Waals surface area contributed by atoms with E-state index in [9.17, 15) is 4.79 Å². The van der Waals surface area contributed by atoms with Crippen molar-refractivity contribution in [1.82, 2.24) is 9.80 Å². The third-order valence-electron chi connectivity index (χ3n) is 3.60. The summed E-state index contributed by atoms with van der Waals surface area (Å²) < 4.78 is 1.02. The number of hydrogen-bond acceptors (Lipinski definition) is 3. The lowest BCUT2D eigenvalue weighted by atomic mass is 10.0. The van der Waals surface area contributed by atoms with Gasteiger partial charge in [-0.15, -0.1) is 0 Å². The predicted octanol–water partition coefficient (Wildman–Crippen LogP) is 2.21. The molecule has 1 atom stereocenters. The van der Waals surface area contributed by atoms with Crippen LogP contribution in [0.2, 0.25) is 0 Å². The normalized spacial score (nSPS) is 19.3. The van der Waals surface area contributed by atoms with Crippen LogP contribution in [0, 0.1) is 0 Å². The molecule has 1 heterocycles. The average molecular weight is 327 g/mol. The van der Waals surface area contributed by atoms with E-state index in [-0.39, 0.29) is 12.5 Å². The molecule has 1 fully saturated rings. The molecule has 4 nitrogen and oxygen atoms in total. The van der Waals surface area contributed by atoms with E-state index >= 15 is 0 Å². The number of benzene rings is 1. The summed E-state index contributed by atoms with van der Waals surface area (Å²) in [5.74, 6) is -0.744. The highest BCUT2D eigenvalue weighted by Crippen LogP contribution is 2.26. The van der Waals surface area contributed by atoms with E-state index in [0.29, 0.717) is 0 Å². The Morgan fingerprint density at radius 2 is 1.84 bits per heavy atom. The molecule has 1 saturated heterocycles. The number of carboxylic acid groups (broad SMARTS) is 1. The molecule has 0 aromatic heterocycles. The number of aliphatic carboxylic acids is 1. The molecule has 0 amide bonds. The molecule has 0 radical (unpaired) electrons. The Bertz CT molecular complexity index is 428. The van der Waals surface area contributed by atoms with Crippen LogP contribution in [-0.2, 0) is 4.79 Å². The van der Waals surface area contributed by atoms with E-state index in [0.717, 1.165) is 36.2 Å². The van der Waals surface area contributed by atoms with Crippen LogP contribution in [0.3, 0.4) is 0 Å². The van der Waals surface area contributed by atoms with Gasteiger partial charge in [-0.05, 0) is 24.7 Å². The number of carboxylic acids is 1. The summed E-state index contributed by atoms with van der Waals surface area (Å²) >= 11 is 3.41. The SMILES string of the molecule is CN1CCN(C(CC(=O)O)c2ccc(Br)cc2)CC1. The van der Waals surface area contributed by atoms with Crippen molar-refractivity contribution in [3.05, 3.63) is 34.3 Å². The van der Waals surface area contributed by atoms with Crippen LogP contribution < -0.4 is 0 Å². The van der Waals surface area contributed by atoms with Crippen LogP contribution in [0.4, 0.5) is 0 Å². The first kappa shape index (κ1) is 14.5. The van der Waals surface area contributed by atoms with Crippen LogP contribution in [-0.4, -0.2) is 54.1 Å². The van der Waals surface area contributed by atoms with Gasteiger partial charge in [0.1, 0.15) is 0 Å². The van der Waals surface area contributed by atoms with Crippen molar-refractivity contribution in [3.63, 3.8) is 0 Å². The van der Waals surface area contributed by atoms with Crippen LogP contribution in [0.15, 0.2) is 28.7 Å². The summed E-state index contributed by atoms with van der Waals surface area (Å²) in [6, 6.07) is 7.94. The molecule has 1 unspecified atom stereocenters. The standard InChI is InChI=1S/C14H19BrN2O2/c1-16-6-8-17(9-7-16)13(10-14(18)19)11-2-4-12(15)5-3-11/h2-5,13H,6-10H2,1H3,(H,18,19). The Kier molecular flexibility index (Phi) is 4.96. The van der Waals surface area contributed by atoms with Crippen LogP contribution >= 0.6 is 15.9 Å². The Balaban J connectivity index is 2.15. The van der Waals surface area contributed by atoms with Crippen molar-refractivity contribution in [2.75, 3.05) is 33.2 Å². The lowest BCUT2D eigenvalue weighted by molar-refractivity contribution is -0.138. The van der Waals surface area contributed by atoms with Gasteiger partial charge in [-0.3, -0.25) is 9.69 Å². The fraction of sp³-hybridized carbons (Fsp3) is 0.500. The van der Waals surface area contributed by atoms with E-state index in [1.165, 1.54) is 0 Å². The molecule has 2 rings (SSSR count). The zero-order valence-electron chi connectivity index (χ0n) is 11.1. The molecule has 1 aromatic carbocycles. The average Bonchev–Trinajstić information content (AvgIpc) is 2.38. The minimum atomic E-state index is -0.744. The Morgan fingerprint density at radius 1 is 1.26 bits per heavy atom. The number of rotatable bonds is 4. The molecule has 0 bridgehead atoms. The van der Waals surface area contributed by atoms with Gasteiger partial charge >= 0.3 is 5.97 Å². The summed E-state index contributed by atoms with van der Waals surface area (Å²) in [7, 11) is 2.10. The van der Waals surface area contributed by atoms with E-state index in [1.54, 1.807) is 0 Å². The zero-order valence-corrected chi connectivity index (χ0v) is 12.6. The second-order valence-electron chi connectivity index (χ2n) is 5.00. The molecule has 1 N–H and O–H groups in total. The molecule has 1 aliphatic heterocycles. The monoisotopic (exact) mass is 326 g/mol. The Hall–Kier alpha value is -0.910. The maximum atomic E-state index is 11.1. The lowest BCUT2D eigenvalue weighted by Crippen LogP contribution is -2.46. The second kappa shape index (κ2) is 6.50. The van der Waals surface area contributed by atoms with Gasteiger partial charge in [0.25, 0.3) is 0 Å². The molecule has 104 valence electrons. The first-order chi connectivity index (χ1) is 9.06. The van der Waals surface area contributed by atoms with Crippen molar-refractivity contribution in [2.24, 2.45) is 0 Å². The van der Waals surface area contributed by atoms with Crippen molar-refractivity contribution in [2.45, 2.75) is 12.5 Å². The number of likely N-dealkylation sites (N-methyl/N-ethyl adjacent to an activating group) is 1. The molecule has 19 heavy (non-hydrogen) atoms. The van der Waals surface area contributed by atoms with Gasteiger partial charge in [0.05, 0.1) is 6.42 Å². The predicted molar refractivity (Wildman–Crippen MR) is 78.2 cm³/mol. The van der Waals surface area contributed by atoms with Crippen molar-refractivity contribution in [1.29, 1.82) is 0 Å². The Labute approximate surface area is 122 Å². The zero-order chi connectivity index (χ0) is 13.8. The maximum absolute atomic E-state index is 11.1. The fourth-order valence-corrected chi connectivity index (χ4v) is 2.71. The second-order valence-corrected chi connectivity index (χ2v) is 5.92. The molecule has 0 saturated carbocycles. The minimum absolute atomic E-state index is 0.0284. The molecular weight excluding hydrogens is 308 g/mol. The third kappa shape index (κ3) is 4.03. The van der Waals surface area contributed by atoms with Gasteiger partial charge in [-0.1, -0.05) is 28.1 Å². The molecule has 1 aliphatic rings. The molecule has 0 aliphatic carbocycles. The van der Waals surface area contributed by atoms with E-state index in [4.69, 9.17) is 5.11 Å². The maximum Gasteiger partial charge on any atom is 0.305 e. The number of carbonyl (C=O) groups is 1. The Morgan fingerprint density at radius 3 is 2.37 bits per heavy atom. The van der Waals surface area contributed by atoms with E-state index in [2.05, 4.69) is 32.8 Å². The molecule has 1 aromatic rings. The summed E-state index contributed by atoms with van der Waals surface area (Å²) in [6.45, 7) is 3.83. The number of halogens is 1. The number of nitrogens with zero attached hydrogens (tertiary/aromatic N) is 2. The van der Waals surface area contributed by atoms with Gasteiger partial charge < -0.3 is 10.0 Å². The van der Waals surface area contributed by atoms with Gasteiger partial charge in [-0.25, -0.2) is 0 Å². The summed E-state index contributed by atoms with van der Waals surface area (Å²) in [5.41, 5.74) is 1.08. The van der Waals surface area contributed by atoms with Crippen LogP contribution in [0.25, 0.3) is 0 Å². The quantitative estimate of drug-likeness (QED) is 0.921. The van der Waals surface area contributed by atoms with Gasteiger partial charge in [0.2, 0.25) is 0 Å². The minimum Gasteiger partial charge on any atom is -0.481 e. The first-order valence-corrected chi connectivity index (χ1v) is 7.25. The van der Waals surface area contributed by atoms with Gasteiger partial charge in [-0.2, -0.15) is 0 Å². The smallest absolute Gasteiger partial charge is 0.305 e. The van der Waals surface area contributed by atoms with Gasteiger partial charge in [0, 0.05) is 36.7 Å². The largest absolute Gasteiger partial charge is 0.481 e. The number of piperazine rings is 1. The summed E-state index contributed by atoms with van der Waals surface area (Å²) in [4.78, 5) is 15.7. The number of hydrogen-bond donors (Lipinski definition) is 1. The highest BCUT2D eigenvalue weighted by molar-refractivity contribution is 9.10. The summed E-state index contributed by atoms with van der Waals surface area (Å²) in [6.07, 6.45) is 0.158. The van der Waals surface area contributed by atoms with Crippen molar-refractivity contribution < 1.29 is 9.90 Å². The van der Waals surface area contributed by atoms with Crippen molar-refractivity contribution in [3.8, 4) is 0 Å². The third-order valence-corrected chi connectivity index (χ3v) is 4.13. The molecule has 0 spiro atoms.